The molecule has 9 atom stereocenters. The Morgan fingerprint density at radius 3 is 2.53 bits per heavy atom. The Balaban J connectivity index is 1.20. The van der Waals surface area contributed by atoms with E-state index < -0.39 is 0 Å². The predicted octanol–water partition coefficient (Wildman–Crippen LogP) is 7.44. The number of rotatable bonds is 8. The van der Waals surface area contributed by atoms with Gasteiger partial charge in [-0.3, -0.25) is 14.4 Å². The quantitative estimate of drug-likeness (QED) is 0.285. The molecular formula is C33H47NO4. The molecule has 0 spiro atoms. The number of carbonyl (C=O) groups excluding carboxylic acids is 3. The third kappa shape index (κ3) is 4.84. The molecular weight excluding hydrogens is 474 g/mol. The summed E-state index contributed by atoms with van der Waals surface area (Å²) in [5.74, 6) is 4.28. The van der Waals surface area contributed by atoms with Gasteiger partial charge in [0.05, 0.1) is 5.69 Å². The van der Waals surface area contributed by atoms with Gasteiger partial charge in [-0.2, -0.15) is 0 Å². The lowest BCUT2D eigenvalue weighted by Gasteiger charge is -2.61. The van der Waals surface area contributed by atoms with Crippen molar-refractivity contribution < 1.29 is 19.1 Å². The van der Waals surface area contributed by atoms with Gasteiger partial charge in [-0.1, -0.05) is 32.9 Å². The second kappa shape index (κ2) is 10.8. The maximum absolute atomic E-state index is 12.8. The molecule has 4 fully saturated rings. The van der Waals surface area contributed by atoms with Crippen LogP contribution < -0.4 is 5.32 Å². The Morgan fingerprint density at radius 1 is 1.03 bits per heavy atom. The molecule has 1 N–H and O–H groups in total. The van der Waals surface area contributed by atoms with E-state index in [0.717, 1.165) is 37.0 Å². The fraction of sp³-hybridized carbons (Fsp3) is 0.727. The molecule has 1 aromatic carbocycles. The fourth-order valence-corrected chi connectivity index (χ4v) is 10.1. The highest BCUT2D eigenvalue weighted by Crippen LogP contribution is 2.68. The van der Waals surface area contributed by atoms with E-state index >= 15 is 0 Å². The Bertz CT molecular complexity index is 1050. The lowest BCUT2D eigenvalue weighted by atomic mass is 9.44. The largest absolute Gasteiger partial charge is 0.465 e. The van der Waals surface area contributed by atoms with Gasteiger partial charge in [0, 0.05) is 12.0 Å². The van der Waals surface area contributed by atoms with Crippen molar-refractivity contribution in [3.8, 4) is 0 Å². The second-order valence-corrected chi connectivity index (χ2v) is 13.7. The first-order chi connectivity index (χ1) is 18.2. The standard InChI is InChI=1S/C33H47NO4/c1-21(9-14-31(37)34-30-8-6-5-7-25(30)22(2)36)27-12-13-28-26-11-10-23-19-24(38-20-35)15-17-32(23,3)29(26)16-18-33(27,28)4/h5-8,20-21,23-24,26-29H,9-19H2,1-4H3,(H,34,37)/t21-,23?,24-,26?,27-,28?,29?,32?,33?/m1/s1. The molecule has 4 saturated carbocycles. The zero-order valence-corrected chi connectivity index (χ0v) is 23.8. The first-order valence-corrected chi connectivity index (χ1v) is 15.2. The Labute approximate surface area is 228 Å². The molecule has 0 saturated heterocycles. The van der Waals surface area contributed by atoms with Crippen LogP contribution in [0.25, 0.3) is 0 Å². The molecule has 38 heavy (non-hydrogen) atoms. The number of fused-ring (bicyclic) bond motifs is 5. The van der Waals surface area contributed by atoms with Crippen LogP contribution in [-0.2, 0) is 14.3 Å². The summed E-state index contributed by atoms with van der Waals surface area (Å²) in [4.78, 5) is 35.7. The Kier molecular flexibility index (Phi) is 7.77. The number of amides is 1. The molecule has 1 amide bonds. The number of ketones is 1. The van der Waals surface area contributed by atoms with Crippen molar-refractivity contribution in [1.29, 1.82) is 0 Å². The van der Waals surface area contributed by atoms with Crippen molar-refractivity contribution in [2.75, 3.05) is 5.32 Å². The average molecular weight is 522 g/mol. The van der Waals surface area contributed by atoms with Gasteiger partial charge < -0.3 is 10.1 Å². The number of Topliss-reactive ketones (excluding diaryl/α,β-unsaturated/α-hetero) is 1. The maximum atomic E-state index is 12.8. The minimum atomic E-state index is -0.0278. The number of hydrogen-bond acceptors (Lipinski definition) is 4. The lowest BCUT2D eigenvalue weighted by Crippen LogP contribution is -2.54. The summed E-state index contributed by atoms with van der Waals surface area (Å²) in [6.07, 6.45) is 12.7. The normalized spacial score (nSPS) is 38.7. The van der Waals surface area contributed by atoms with Gasteiger partial charge >= 0.3 is 0 Å². The number of nitrogens with one attached hydrogen (secondary N) is 1. The third-order valence-corrected chi connectivity index (χ3v) is 12.0. The van der Waals surface area contributed by atoms with E-state index in [1.54, 1.807) is 13.0 Å². The topological polar surface area (TPSA) is 72.5 Å². The van der Waals surface area contributed by atoms with Crippen molar-refractivity contribution in [2.24, 2.45) is 46.3 Å². The summed E-state index contributed by atoms with van der Waals surface area (Å²) >= 11 is 0. The minimum absolute atomic E-state index is 0.00867. The minimum Gasteiger partial charge on any atom is -0.465 e. The van der Waals surface area contributed by atoms with E-state index in [1.165, 1.54) is 44.9 Å². The van der Waals surface area contributed by atoms with Crippen LogP contribution in [0.3, 0.4) is 0 Å². The first kappa shape index (κ1) is 27.4. The molecule has 6 unspecified atom stereocenters. The Morgan fingerprint density at radius 2 is 1.76 bits per heavy atom. The first-order valence-electron chi connectivity index (χ1n) is 15.2. The van der Waals surface area contributed by atoms with E-state index in [1.807, 2.05) is 18.2 Å². The molecule has 0 heterocycles. The maximum Gasteiger partial charge on any atom is 0.293 e. The molecule has 0 radical (unpaired) electrons. The van der Waals surface area contributed by atoms with Crippen LogP contribution >= 0.6 is 0 Å². The molecule has 5 rings (SSSR count). The molecule has 1 aromatic rings. The fourth-order valence-electron chi connectivity index (χ4n) is 10.1. The van der Waals surface area contributed by atoms with Gasteiger partial charge in [-0.25, -0.2) is 0 Å². The predicted molar refractivity (Wildman–Crippen MR) is 150 cm³/mol. The molecule has 5 nitrogen and oxygen atoms in total. The van der Waals surface area contributed by atoms with Crippen LogP contribution in [0.15, 0.2) is 24.3 Å². The number of hydrogen-bond donors (Lipinski definition) is 1. The third-order valence-electron chi connectivity index (χ3n) is 12.0. The number of ether oxygens (including phenoxy) is 1. The van der Waals surface area contributed by atoms with Crippen molar-refractivity contribution in [1.82, 2.24) is 0 Å². The van der Waals surface area contributed by atoms with Crippen LogP contribution in [0, 0.1) is 46.3 Å². The number of carbonyl (C=O) groups is 3. The number of para-hydroxylation sites is 1. The van der Waals surface area contributed by atoms with Crippen molar-refractivity contribution >= 4 is 23.9 Å². The second-order valence-electron chi connectivity index (χ2n) is 13.7. The van der Waals surface area contributed by atoms with Crippen LogP contribution in [0.5, 0.6) is 0 Å². The van der Waals surface area contributed by atoms with Gasteiger partial charge in [0.1, 0.15) is 6.10 Å². The van der Waals surface area contributed by atoms with Crippen LogP contribution in [0.1, 0.15) is 109 Å². The summed E-state index contributed by atoms with van der Waals surface area (Å²) in [7, 11) is 0. The van der Waals surface area contributed by atoms with E-state index in [0.29, 0.717) is 52.7 Å². The van der Waals surface area contributed by atoms with Gasteiger partial charge in [-0.15, -0.1) is 0 Å². The van der Waals surface area contributed by atoms with Gasteiger partial charge in [0.2, 0.25) is 5.91 Å². The van der Waals surface area contributed by atoms with Crippen LogP contribution in [-0.4, -0.2) is 24.3 Å². The zero-order chi connectivity index (χ0) is 27.1. The molecule has 0 aromatic heterocycles. The molecule has 0 bridgehead atoms. The molecule has 4 aliphatic rings. The summed E-state index contributed by atoms with van der Waals surface area (Å²) < 4.78 is 5.40. The highest BCUT2D eigenvalue weighted by molar-refractivity contribution is 6.03. The van der Waals surface area contributed by atoms with E-state index in [-0.39, 0.29) is 17.8 Å². The molecule has 4 aliphatic carbocycles. The van der Waals surface area contributed by atoms with Crippen molar-refractivity contribution in [3.63, 3.8) is 0 Å². The summed E-state index contributed by atoms with van der Waals surface area (Å²) in [5.41, 5.74) is 1.97. The van der Waals surface area contributed by atoms with Gasteiger partial charge in [0.15, 0.2) is 5.78 Å². The van der Waals surface area contributed by atoms with E-state index in [4.69, 9.17) is 4.74 Å². The molecule has 5 heteroatoms. The summed E-state index contributed by atoms with van der Waals surface area (Å²) in [6.45, 7) is 9.70. The monoisotopic (exact) mass is 521 g/mol. The zero-order valence-electron chi connectivity index (χ0n) is 23.8. The Hall–Kier alpha value is -2.17. The number of benzene rings is 1. The van der Waals surface area contributed by atoms with Crippen molar-refractivity contribution in [2.45, 2.75) is 104 Å². The van der Waals surface area contributed by atoms with E-state index in [2.05, 4.69) is 26.1 Å². The van der Waals surface area contributed by atoms with Gasteiger partial charge in [-0.05, 0) is 130 Å². The number of anilines is 1. The SMILES string of the molecule is CC(=O)c1ccccc1NC(=O)CC[C@@H](C)[C@H]1CCC2C3CCC4C[C@H](OC=O)CCC4(C)C3CCC21C. The van der Waals surface area contributed by atoms with Crippen LogP contribution in [0.2, 0.25) is 0 Å². The summed E-state index contributed by atoms with van der Waals surface area (Å²) in [5, 5.41) is 2.99. The average Bonchev–Trinajstić information content (AvgIpc) is 3.25. The highest BCUT2D eigenvalue weighted by atomic mass is 16.5. The van der Waals surface area contributed by atoms with Crippen molar-refractivity contribution in [3.05, 3.63) is 29.8 Å². The molecule has 208 valence electrons. The molecule has 0 aliphatic heterocycles. The van der Waals surface area contributed by atoms with E-state index in [9.17, 15) is 14.4 Å². The highest BCUT2D eigenvalue weighted by Gasteiger charge is 2.60. The smallest absolute Gasteiger partial charge is 0.293 e. The van der Waals surface area contributed by atoms with Crippen LogP contribution in [0.4, 0.5) is 5.69 Å². The summed E-state index contributed by atoms with van der Waals surface area (Å²) in [6, 6.07) is 7.28. The van der Waals surface area contributed by atoms with Gasteiger partial charge in [0.25, 0.3) is 6.47 Å². The lowest BCUT2D eigenvalue weighted by molar-refractivity contribution is -0.151.